The van der Waals surface area contributed by atoms with E-state index in [2.05, 4.69) is 54.2 Å². The highest BCUT2D eigenvalue weighted by Crippen LogP contribution is 2.20. The van der Waals surface area contributed by atoms with E-state index < -0.39 is 0 Å². The van der Waals surface area contributed by atoms with Gasteiger partial charge in [0.2, 0.25) is 0 Å². The van der Waals surface area contributed by atoms with Gasteiger partial charge in [-0.25, -0.2) is 0 Å². The maximum absolute atomic E-state index is 3.67. The summed E-state index contributed by atoms with van der Waals surface area (Å²) >= 11 is 0. The molecule has 0 aliphatic carbocycles. The van der Waals surface area contributed by atoms with Crippen LogP contribution in [-0.4, -0.2) is 0 Å². The van der Waals surface area contributed by atoms with E-state index in [-0.39, 0.29) is 0 Å². The topological polar surface area (TPSA) is 0 Å². The quantitative estimate of drug-likeness (QED) is 0.459. The fraction of sp³-hybridized carbons (Fsp3) is 0.789. The molecule has 19 heavy (non-hydrogen) atoms. The van der Waals surface area contributed by atoms with E-state index in [1.54, 1.807) is 0 Å². The van der Waals surface area contributed by atoms with Gasteiger partial charge < -0.3 is 0 Å². The van der Waals surface area contributed by atoms with Crippen molar-refractivity contribution >= 4 is 0 Å². The van der Waals surface area contributed by atoms with Gasteiger partial charge in [-0.2, -0.15) is 0 Å². The average molecular weight is 271 g/mol. The van der Waals surface area contributed by atoms with Crippen LogP contribution in [0.2, 0.25) is 0 Å². The predicted octanol–water partition coefficient (Wildman–Crippen LogP) is 7.80. The molecule has 0 aliphatic heterocycles. The summed E-state index contributed by atoms with van der Waals surface area (Å²) in [5.41, 5.74) is 3.18. The van der Waals surface area contributed by atoms with Gasteiger partial charge in [0, 0.05) is 0 Å². The van der Waals surface area contributed by atoms with Gasteiger partial charge in [-0.1, -0.05) is 72.6 Å². The molecule has 0 fully saturated rings. The van der Waals surface area contributed by atoms with E-state index in [9.17, 15) is 0 Å². The van der Waals surface area contributed by atoms with Crippen LogP contribution in [0.4, 0.5) is 0 Å². The Morgan fingerprint density at radius 2 is 1.26 bits per heavy atom. The van der Waals surface area contributed by atoms with E-state index in [0.717, 1.165) is 6.42 Å². The molecule has 0 heterocycles. The van der Waals surface area contributed by atoms with Gasteiger partial charge in [0.1, 0.15) is 0 Å². The Labute approximate surface area is 125 Å². The molecule has 0 saturated heterocycles. The summed E-state index contributed by atoms with van der Waals surface area (Å²) in [6.07, 6.45) is 5.94. The minimum Gasteiger partial charge on any atom is -0.100 e. The third-order valence-electron chi connectivity index (χ3n) is 2.05. The first kappa shape index (κ1) is 26.9. The Kier molecular flexibility index (Phi) is 28.1. The molecule has 0 aromatic heterocycles. The lowest BCUT2D eigenvalue weighted by molar-refractivity contribution is 0.381. The Bertz CT molecular complexity index is 185. The van der Waals surface area contributed by atoms with Crippen LogP contribution in [0.3, 0.4) is 0 Å². The van der Waals surface area contributed by atoms with Crippen LogP contribution in [-0.2, 0) is 0 Å². The van der Waals surface area contributed by atoms with Crippen molar-refractivity contribution < 1.29 is 0 Å². The summed E-state index contributed by atoms with van der Waals surface area (Å²) in [4.78, 5) is 0. The minimum absolute atomic E-state index is 0.492. The van der Waals surface area contributed by atoms with Crippen LogP contribution >= 0.6 is 0 Å². The standard InChI is InChI=1S/C10H20.C5H10.2C2H6/c1-9(2)7-6-8-10(3,4)5;1-4-5(2)3;2*1-2/h7H,6,8H2,1-5H3;2,4H2,1,3H3;2*1-2H3. The zero-order valence-electron chi connectivity index (χ0n) is 15.9. The van der Waals surface area contributed by atoms with Gasteiger partial charge in [-0.3, -0.25) is 0 Å². The molecule has 0 nitrogen and oxygen atoms in total. The highest BCUT2D eigenvalue weighted by atomic mass is 14.1. The van der Waals surface area contributed by atoms with Crippen molar-refractivity contribution in [3.05, 3.63) is 23.8 Å². The fourth-order valence-corrected chi connectivity index (χ4v) is 0.794. The highest BCUT2D eigenvalue weighted by molar-refractivity contribution is 4.93. The third kappa shape index (κ3) is 58.2. The fourth-order valence-electron chi connectivity index (χ4n) is 0.794. The molecule has 0 spiro atoms. The third-order valence-corrected chi connectivity index (χ3v) is 2.05. The van der Waals surface area contributed by atoms with Gasteiger partial charge in [0.15, 0.2) is 0 Å². The van der Waals surface area contributed by atoms with Crippen LogP contribution in [0.1, 0.15) is 95.4 Å². The molecule has 0 amide bonds. The van der Waals surface area contributed by atoms with Crippen molar-refractivity contribution in [3.8, 4) is 0 Å². The molecule has 0 unspecified atom stereocenters. The van der Waals surface area contributed by atoms with Crippen LogP contribution in [0.25, 0.3) is 0 Å². The summed E-state index contributed by atoms with van der Waals surface area (Å²) in [5.74, 6) is 0. The SMILES string of the molecule is C=C(C)CC.CC.CC.CC(C)=CCCC(C)(C)C. The molecule has 0 aliphatic rings. The molecular weight excluding hydrogens is 228 g/mol. The molecule has 0 aromatic rings. The smallest absolute Gasteiger partial charge is 0.0343 e. The first-order chi connectivity index (χ1) is 8.69. The van der Waals surface area contributed by atoms with Crippen molar-refractivity contribution in [2.24, 2.45) is 5.41 Å². The van der Waals surface area contributed by atoms with Gasteiger partial charge in [-0.15, -0.1) is 6.58 Å². The molecule has 0 heteroatoms. The van der Waals surface area contributed by atoms with Gasteiger partial charge in [0.25, 0.3) is 0 Å². The monoisotopic (exact) mass is 270 g/mol. The van der Waals surface area contributed by atoms with Crippen molar-refractivity contribution in [1.29, 1.82) is 0 Å². The molecule has 0 rings (SSSR count). The second-order valence-corrected chi connectivity index (χ2v) is 5.69. The second-order valence-electron chi connectivity index (χ2n) is 5.69. The summed E-state index contributed by atoms with van der Waals surface area (Å²) in [7, 11) is 0. The van der Waals surface area contributed by atoms with Crippen LogP contribution in [0.5, 0.6) is 0 Å². The summed E-state index contributed by atoms with van der Waals surface area (Å²) in [6.45, 7) is 27.0. The lowest BCUT2D eigenvalue weighted by atomic mass is 9.90. The summed E-state index contributed by atoms with van der Waals surface area (Å²) in [5, 5.41) is 0. The zero-order valence-corrected chi connectivity index (χ0v) is 15.9. The van der Waals surface area contributed by atoms with Crippen molar-refractivity contribution in [1.82, 2.24) is 0 Å². The van der Waals surface area contributed by atoms with Gasteiger partial charge in [-0.05, 0) is 45.4 Å². The molecule has 0 radical (unpaired) electrons. The van der Waals surface area contributed by atoms with E-state index in [4.69, 9.17) is 0 Å². The number of hydrogen-bond donors (Lipinski definition) is 0. The molecule has 0 N–H and O–H groups in total. The molecule has 0 atom stereocenters. The van der Waals surface area contributed by atoms with Crippen LogP contribution in [0, 0.1) is 5.41 Å². The van der Waals surface area contributed by atoms with Crippen LogP contribution in [0.15, 0.2) is 23.8 Å². The lowest BCUT2D eigenvalue weighted by Crippen LogP contribution is -2.03. The maximum Gasteiger partial charge on any atom is -0.0343 e. The van der Waals surface area contributed by atoms with E-state index in [1.807, 2.05) is 34.6 Å². The highest BCUT2D eigenvalue weighted by Gasteiger charge is 2.07. The molecular formula is C19H42. The Morgan fingerprint density at radius 3 is 1.42 bits per heavy atom. The normalized spacial score (nSPS) is 8.58. The molecule has 0 aromatic carbocycles. The first-order valence-corrected chi connectivity index (χ1v) is 7.96. The second kappa shape index (κ2) is 19.8. The molecule has 0 saturated carbocycles. The van der Waals surface area contributed by atoms with E-state index in [0.29, 0.717) is 5.41 Å². The first-order valence-electron chi connectivity index (χ1n) is 7.96. The maximum atomic E-state index is 3.67. The Morgan fingerprint density at radius 1 is 0.947 bits per heavy atom. The minimum atomic E-state index is 0.492. The Hall–Kier alpha value is -0.520. The number of hydrogen-bond acceptors (Lipinski definition) is 0. The van der Waals surface area contributed by atoms with Crippen LogP contribution < -0.4 is 0 Å². The van der Waals surface area contributed by atoms with E-state index >= 15 is 0 Å². The predicted molar refractivity (Wildman–Crippen MR) is 95.9 cm³/mol. The van der Waals surface area contributed by atoms with Crippen molar-refractivity contribution in [2.75, 3.05) is 0 Å². The summed E-state index contributed by atoms with van der Waals surface area (Å²) < 4.78 is 0. The lowest BCUT2D eigenvalue weighted by Gasteiger charge is -2.16. The number of rotatable bonds is 3. The van der Waals surface area contributed by atoms with Gasteiger partial charge >= 0.3 is 0 Å². The van der Waals surface area contributed by atoms with Gasteiger partial charge in [0.05, 0.1) is 0 Å². The number of allylic oxidation sites excluding steroid dienone is 3. The van der Waals surface area contributed by atoms with Crippen molar-refractivity contribution in [2.45, 2.75) is 95.4 Å². The summed E-state index contributed by atoms with van der Waals surface area (Å²) in [6, 6.07) is 0. The largest absolute Gasteiger partial charge is 0.100 e. The van der Waals surface area contributed by atoms with Crippen molar-refractivity contribution in [3.63, 3.8) is 0 Å². The molecule has 118 valence electrons. The average Bonchev–Trinajstić information content (AvgIpc) is 2.32. The molecule has 0 bridgehead atoms. The zero-order chi connectivity index (χ0) is 16.5. The Balaban J connectivity index is -0.000000105. The van der Waals surface area contributed by atoms with E-state index in [1.165, 1.54) is 24.0 Å².